The third-order valence-electron chi connectivity index (χ3n) is 9.22. The molecule has 1 unspecified atom stereocenters. The third kappa shape index (κ3) is 8.29. The normalized spacial score (nSPS) is 15.0. The summed E-state index contributed by atoms with van der Waals surface area (Å²) < 4.78 is 35.3. The number of hydrogen-bond acceptors (Lipinski definition) is 8. The van der Waals surface area contributed by atoms with Crippen LogP contribution < -0.4 is 23.8 Å². The van der Waals surface area contributed by atoms with Crippen LogP contribution in [0.15, 0.2) is 60.7 Å². The van der Waals surface area contributed by atoms with Crippen molar-refractivity contribution < 1.29 is 28.1 Å². The van der Waals surface area contributed by atoms with Gasteiger partial charge in [0.1, 0.15) is 5.82 Å². The second-order valence-electron chi connectivity index (χ2n) is 11.9. The largest absolute Gasteiger partial charge is 0.493 e. The van der Waals surface area contributed by atoms with Crippen molar-refractivity contribution in [1.29, 1.82) is 5.26 Å². The first-order chi connectivity index (χ1) is 22.3. The van der Waals surface area contributed by atoms with Gasteiger partial charge in [0.2, 0.25) is 0 Å². The van der Waals surface area contributed by atoms with Gasteiger partial charge in [-0.05, 0) is 112 Å². The lowest BCUT2D eigenvalue weighted by Crippen LogP contribution is -2.37. The lowest BCUT2D eigenvalue weighted by molar-refractivity contribution is 0.0838. The van der Waals surface area contributed by atoms with E-state index in [1.54, 1.807) is 40.6 Å². The predicted molar refractivity (Wildman–Crippen MR) is 178 cm³/mol. The summed E-state index contributed by atoms with van der Waals surface area (Å²) in [5.41, 5.74) is 1.79. The van der Waals surface area contributed by atoms with Crippen molar-refractivity contribution in [3.63, 3.8) is 0 Å². The van der Waals surface area contributed by atoms with E-state index in [9.17, 15) is 14.4 Å². The fourth-order valence-electron chi connectivity index (χ4n) is 6.41. The molecule has 0 aliphatic carbocycles. The Kier molecular flexibility index (Phi) is 12.3. The number of methoxy groups -OCH3 is 4. The lowest BCUT2D eigenvalue weighted by Gasteiger charge is -2.33. The van der Waals surface area contributed by atoms with Gasteiger partial charge in [0.15, 0.2) is 28.8 Å². The second kappa shape index (κ2) is 16.3. The molecule has 1 aliphatic heterocycles. The van der Waals surface area contributed by atoms with Crippen LogP contribution in [0.1, 0.15) is 54.4 Å². The topological polar surface area (TPSA) is 84.3 Å². The molecular weight excluding hydrogens is 585 g/mol. The lowest BCUT2D eigenvalue weighted by atomic mass is 9.74. The van der Waals surface area contributed by atoms with Crippen LogP contribution in [0.2, 0.25) is 0 Å². The van der Waals surface area contributed by atoms with Gasteiger partial charge in [0, 0.05) is 36.8 Å². The van der Waals surface area contributed by atoms with Gasteiger partial charge >= 0.3 is 0 Å². The first kappa shape index (κ1) is 34.6. The van der Waals surface area contributed by atoms with Gasteiger partial charge in [-0.15, -0.1) is 0 Å². The summed E-state index contributed by atoms with van der Waals surface area (Å²) >= 11 is 0. The number of ketones is 1. The van der Waals surface area contributed by atoms with Gasteiger partial charge in [0.25, 0.3) is 0 Å². The molecule has 3 aromatic carbocycles. The summed E-state index contributed by atoms with van der Waals surface area (Å²) in [7, 11) is 8.50. The highest BCUT2D eigenvalue weighted by atomic mass is 19.1. The molecule has 1 fully saturated rings. The molecule has 3 aromatic rings. The molecule has 0 N–H and O–H groups in total. The molecule has 1 heterocycles. The Bertz CT molecular complexity index is 1480. The SMILES string of the molecule is COc1ccc(N(C)CCCC(C#N)(CCCN2CCC(C(=O)c3ccc(F)cc3)CC2)c2ccc(OC)c(OC)c2)cc1OC. The van der Waals surface area contributed by atoms with Crippen molar-refractivity contribution in [3.05, 3.63) is 77.6 Å². The Balaban J connectivity index is 1.41. The number of nitrogens with zero attached hydrogens (tertiary/aromatic N) is 3. The fourth-order valence-corrected chi connectivity index (χ4v) is 6.41. The van der Waals surface area contributed by atoms with Crippen LogP contribution in [0.25, 0.3) is 0 Å². The highest BCUT2D eigenvalue weighted by Gasteiger charge is 2.33. The van der Waals surface area contributed by atoms with Gasteiger partial charge < -0.3 is 28.7 Å². The summed E-state index contributed by atoms with van der Waals surface area (Å²) in [4.78, 5) is 17.5. The van der Waals surface area contributed by atoms with Gasteiger partial charge in [-0.2, -0.15) is 5.26 Å². The van der Waals surface area contributed by atoms with Crippen LogP contribution in [0.4, 0.5) is 10.1 Å². The van der Waals surface area contributed by atoms with Gasteiger partial charge in [-0.3, -0.25) is 4.79 Å². The van der Waals surface area contributed by atoms with E-state index in [2.05, 4.69) is 15.9 Å². The highest BCUT2D eigenvalue weighted by Crippen LogP contribution is 2.39. The number of Topliss-reactive ketones (excluding diaryl/α,β-unsaturated/α-hetero) is 1. The van der Waals surface area contributed by atoms with E-state index in [4.69, 9.17) is 18.9 Å². The molecule has 0 aromatic heterocycles. The molecule has 46 heavy (non-hydrogen) atoms. The molecule has 1 aliphatic rings. The third-order valence-corrected chi connectivity index (χ3v) is 9.22. The molecule has 246 valence electrons. The molecule has 1 saturated heterocycles. The summed E-state index contributed by atoms with van der Waals surface area (Å²) in [6.45, 7) is 3.24. The van der Waals surface area contributed by atoms with Crippen molar-refractivity contribution in [2.45, 2.75) is 43.9 Å². The summed E-state index contributed by atoms with van der Waals surface area (Å²) in [6, 6.07) is 20.2. The van der Waals surface area contributed by atoms with Crippen molar-refractivity contribution in [3.8, 4) is 29.1 Å². The van der Waals surface area contributed by atoms with Crippen LogP contribution in [-0.4, -0.2) is 72.3 Å². The monoisotopic (exact) mass is 631 g/mol. The zero-order valence-corrected chi connectivity index (χ0v) is 27.7. The van der Waals surface area contributed by atoms with Crippen molar-refractivity contribution in [1.82, 2.24) is 4.90 Å². The van der Waals surface area contributed by atoms with E-state index in [-0.39, 0.29) is 17.5 Å². The maximum absolute atomic E-state index is 13.3. The average molecular weight is 632 g/mol. The molecule has 0 amide bonds. The average Bonchev–Trinajstić information content (AvgIpc) is 3.10. The number of anilines is 1. The number of carbonyl (C=O) groups is 1. The number of likely N-dealkylation sites (tertiary alicyclic amines) is 1. The zero-order valence-electron chi connectivity index (χ0n) is 27.7. The number of piperidine rings is 1. The van der Waals surface area contributed by atoms with Crippen LogP contribution >= 0.6 is 0 Å². The number of rotatable bonds is 16. The molecule has 4 rings (SSSR count). The minimum absolute atomic E-state index is 0.0469. The van der Waals surface area contributed by atoms with E-state index in [1.807, 2.05) is 43.4 Å². The Morgan fingerprint density at radius 3 is 2.07 bits per heavy atom. The maximum atomic E-state index is 13.3. The highest BCUT2D eigenvalue weighted by molar-refractivity contribution is 5.97. The number of nitriles is 1. The zero-order chi connectivity index (χ0) is 33.1. The van der Waals surface area contributed by atoms with E-state index in [0.717, 1.165) is 63.1 Å². The molecule has 9 heteroatoms. The van der Waals surface area contributed by atoms with E-state index in [0.29, 0.717) is 41.4 Å². The summed E-state index contributed by atoms with van der Waals surface area (Å²) in [5, 5.41) is 10.7. The number of carbonyl (C=O) groups excluding carboxylic acids is 1. The summed E-state index contributed by atoms with van der Waals surface area (Å²) in [6.07, 6.45) is 4.54. The summed E-state index contributed by atoms with van der Waals surface area (Å²) in [5.74, 6) is 2.30. The van der Waals surface area contributed by atoms with E-state index >= 15 is 0 Å². The van der Waals surface area contributed by atoms with Gasteiger partial charge in [-0.1, -0.05) is 6.07 Å². The molecule has 8 nitrogen and oxygen atoms in total. The number of hydrogen-bond donors (Lipinski definition) is 0. The number of benzene rings is 3. The molecular formula is C37H46FN3O5. The molecule has 0 spiro atoms. The Morgan fingerprint density at radius 1 is 0.870 bits per heavy atom. The van der Waals surface area contributed by atoms with Gasteiger partial charge in [-0.25, -0.2) is 4.39 Å². The fraction of sp³-hybridized carbons (Fsp3) is 0.459. The molecule has 0 radical (unpaired) electrons. The minimum atomic E-state index is -0.713. The maximum Gasteiger partial charge on any atom is 0.166 e. The standard InChI is InChI=1S/C37H46FN3O5/c1-40(31-13-15-33(44-3)35(25-31)46-5)20-6-18-37(26-39,29-10-14-32(43-2)34(24-29)45-4)19-7-21-41-22-16-28(17-23-41)36(42)27-8-11-30(38)12-9-27/h8-15,24-25,28H,6-7,16-23H2,1-5H3. The Hall–Kier alpha value is -4.29. The van der Waals surface area contributed by atoms with E-state index in [1.165, 1.54) is 12.1 Å². The Labute approximate surface area is 272 Å². The van der Waals surface area contributed by atoms with Gasteiger partial charge in [0.05, 0.1) is 39.9 Å². The minimum Gasteiger partial charge on any atom is -0.493 e. The molecule has 1 atom stereocenters. The molecule has 0 bridgehead atoms. The quantitative estimate of drug-likeness (QED) is 0.158. The van der Waals surface area contributed by atoms with Crippen LogP contribution in [0.3, 0.4) is 0 Å². The van der Waals surface area contributed by atoms with Crippen LogP contribution in [0.5, 0.6) is 23.0 Å². The second-order valence-corrected chi connectivity index (χ2v) is 11.9. The van der Waals surface area contributed by atoms with Crippen molar-refractivity contribution >= 4 is 11.5 Å². The number of halogens is 1. The first-order valence-corrected chi connectivity index (χ1v) is 15.9. The van der Waals surface area contributed by atoms with Crippen molar-refractivity contribution in [2.24, 2.45) is 5.92 Å². The Morgan fingerprint density at radius 2 is 1.46 bits per heavy atom. The van der Waals surface area contributed by atoms with E-state index < -0.39 is 5.41 Å². The molecule has 0 saturated carbocycles. The predicted octanol–water partition coefficient (Wildman–Crippen LogP) is 6.91. The number of ether oxygens (including phenoxy) is 4. The van der Waals surface area contributed by atoms with Crippen LogP contribution in [-0.2, 0) is 5.41 Å². The van der Waals surface area contributed by atoms with Crippen LogP contribution in [0, 0.1) is 23.1 Å². The van der Waals surface area contributed by atoms with Crippen molar-refractivity contribution in [2.75, 3.05) is 66.6 Å². The smallest absolute Gasteiger partial charge is 0.166 e. The first-order valence-electron chi connectivity index (χ1n) is 15.9.